The Balaban J connectivity index is 0.00000147. The van der Waals surface area contributed by atoms with Gasteiger partial charge < -0.3 is 9.90 Å². The topological polar surface area (TPSA) is 74.3 Å². The van der Waals surface area contributed by atoms with Gasteiger partial charge in [-0.15, -0.1) is 0 Å². The van der Waals surface area contributed by atoms with Crippen molar-refractivity contribution in [1.29, 1.82) is 0 Å². The van der Waals surface area contributed by atoms with E-state index in [-0.39, 0.29) is 57.8 Å². The summed E-state index contributed by atoms with van der Waals surface area (Å²) in [5, 5.41) is 10.8. The third kappa shape index (κ3) is 2.12. The molecule has 5 heteroatoms. The molecule has 0 N–H and O–H groups in total. The van der Waals surface area contributed by atoms with Crippen molar-refractivity contribution in [3.8, 4) is 0 Å². The van der Waals surface area contributed by atoms with Crippen LogP contribution in [0.1, 0.15) is 42.2 Å². The molecular weight excluding hydrogens is 267 g/mol. The van der Waals surface area contributed by atoms with Gasteiger partial charge in [-0.3, -0.25) is 9.59 Å². The molecule has 20 heavy (non-hydrogen) atoms. The molecule has 2 aromatic rings. The van der Waals surface area contributed by atoms with Gasteiger partial charge in [0.25, 0.3) is 0 Å². The molecule has 0 heterocycles. The van der Waals surface area contributed by atoms with E-state index in [4.69, 9.17) is 0 Å². The van der Waals surface area contributed by atoms with Crippen molar-refractivity contribution in [3.63, 3.8) is 0 Å². The number of carboxylic acid groups (broad SMARTS) is 1. The molecule has 1 aliphatic rings. The largest absolute Gasteiger partial charge is 1.00 e. The van der Waals surface area contributed by atoms with E-state index in [0.29, 0.717) is 11.1 Å². The van der Waals surface area contributed by atoms with E-state index in [1.165, 1.54) is 18.2 Å². The molecule has 0 spiro atoms. The predicted octanol–water partition coefficient (Wildman–Crippen LogP) is -2.17. The van der Waals surface area contributed by atoms with E-state index >= 15 is 0 Å². The van der Waals surface area contributed by atoms with Crippen molar-refractivity contribution >= 4 is 17.5 Å². The first-order valence-electron chi connectivity index (χ1n) is 5.63. The maximum Gasteiger partial charge on any atom is 1.00 e. The number of rotatable bonds is 1. The zero-order valence-electron chi connectivity index (χ0n) is 10.7. The third-order valence-electron chi connectivity index (χ3n) is 3.16. The summed E-state index contributed by atoms with van der Waals surface area (Å²) in [4.78, 5) is 35.3. The Morgan fingerprint density at radius 3 is 1.85 bits per heavy atom. The Hall–Kier alpha value is -1.75. The zero-order chi connectivity index (χ0) is 13.6. The van der Waals surface area contributed by atoms with Crippen LogP contribution in [-0.2, 0) is 0 Å². The summed E-state index contributed by atoms with van der Waals surface area (Å²) in [7, 11) is 0. The van der Waals surface area contributed by atoms with Crippen LogP contribution in [0.15, 0.2) is 42.5 Å². The van der Waals surface area contributed by atoms with Crippen molar-refractivity contribution in [2.24, 2.45) is 0 Å². The molecule has 0 radical (unpaired) electrons. The quantitative estimate of drug-likeness (QED) is 0.473. The summed E-state index contributed by atoms with van der Waals surface area (Å²) in [6.07, 6.45) is 0. The van der Waals surface area contributed by atoms with Gasteiger partial charge in [0.1, 0.15) is 0 Å². The predicted molar refractivity (Wildman–Crippen MR) is 64.1 cm³/mol. The zero-order valence-corrected chi connectivity index (χ0v) is 12.7. The molecule has 2 aromatic carbocycles. The maximum atomic E-state index is 12.3. The van der Waals surface area contributed by atoms with Crippen LogP contribution >= 0.6 is 0 Å². The van der Waals surface area contributed by atoms with Gasteiger partial charge in [-0.05, 0) is 17.7 Å². The summed E-state index contributed by atoms with van der Waals surface area (Å²) in [5.41, 5.74) is 0.884. The van der Waals surface area contributed by atoms with Gasteiger partial charge in [0.05, 0.1) is 5.97 Å². The Kier molecular flexibility index (Phi) is 3.90. The number of fused-ring (bicyclic) bond motifs is 2. The summed E-state index contributed by atoms with van der Waals surface area (Å²) in [6.45, 7) is 0. The molecule has 0 aliphatic heterocycles. The van der Waals surface area contributed by atoms with Gasteiger partial charge in [0.15, 0.2) is 11.6 Å². The normalized spacial score (nSPS) is 12.2. The van der Waals surface area contributed by atoms with Gasteiger partial charge in [0, 0.05) is 22.3 Å². The molecule has 0 unspecified atom stereocenters. The minimum atomic E-state index is -1.37. The SMILES string of the molecule is O=C([O-])c1ccc2c(c1)C(=O)c1ccccc1C2=O.[Na+]. The number of ketones is 2. The minimum Gasteiger partial charge on any atom is -0.545 e. The van der Waals surface area contributed by atoms with E-state index in [0.717, 1.165) is 0 Å². The molecule has 0 saturated carbocycles. The summed E-state index contributed by atoms with van der Waals surface area (Å²) in [6, 6.07) is 10.3. The number of carboxylic acids is 1. The molecular formula is C15H7NaO4. The summed E-state index contributed by atoms with van der Waals surface area (Å²) in [5.74, 6) is -1.98. The molecule has 0 saturated heterocycles. The van der Waals surface area contributed by atoms with Crippen LogP contribution in [0.2, 0.25) is 0 Å². The molecule has 92 valence electrons. The number of carbonyl (C=O) groups is 3. The number of carbonyl (C=O) groups excluding carboxylic acids is 3. The van der Waals surface area contributed by atoms with E-state index in [9.17, 15) is 19.5 Å². The number of benzene rings is 2. The van der Waals surface area contributed by atoms with Gasteiger partial charge in [-0.1, -0.05) is 30.3 Å². The Morgan fingerprint density at radius 2 is 1.30 bits per heavy atom. The number of hydrogen-bond donors (Lipinski definition) is 0. The average Bonchev–Trinajstić information content (AvgIpc) is 2.44. The van der Waals surface area contributed by atoms with Crippen molar-refractivity contribution in [2.75, 3.05) is 0 Å². The number of aromatic carboxylic acids is 1. The van der Waals surface area contributed by atoms with Crippen LogP contribution in [0.5, 0.6) is 0 Å². The second-order valence-corrected chi connectivity index (χ2v) is 4.25. The van der Waals surface area contributed by atoms with Crippen molar-refractivity contribution in [2.45, 2.75) is 0 Å². The molecule has 0 bridgehead atoms. The van der Waals surface area contributed by atoms with Gasteiger partial charge in [-0.25, -0.2) is 0 Å². The van der Waals surface area contributed by atoms with Gasteiger partial charge >= 0.3 is 29.6 Å². The van der Waals surface area contributed by atoms with Crippen molar-refractivity contribution < 1.29 is 49.0 Å². The molecule has 0 amide bonds. The molecule has 1 aliphatic carbocycles. The third-order valence-corrected chi connectivity index (χ3v) is 3.16. The molecule has 0 aromatic heterocycles. The van der Waals surface area contributed by atoms with Gasteiger partial charge in [0.2, 0.25) is 0 Å². The van der Waals surface area contributed by atoms with Crippen molar-refractivity contribution in [1.82, 2.24) is 0 Å². The second-order valence-electron chi connectivity index (χ2n) is 4.25. The Labute approximate surface area is 136 Å². The fraction of sp³-hybridized carbons (Fsp3) is 0. The first kappa shape index (κ1) is 14.7. The van der Waals surface area contributed by atoms with Crippen LogP contribution < -0.4 is 34.7 Å². The number of hydrogen-bond acceptors (Lipinski definition) is 4. The maximum absolute atomic E-state index is 12.3. The van der Waals surface area contributed by atoms with Crippen LogP contribution in [0.4, 0.5) is 0 Å². The standard InChI is InChI=1S/C15H8O4.Na/c16-13-9-3-1-2-4-10(9)14(17)12-7-8(15(18)19)5-6-11(12)13;/h1-7H,(H,18,19);/q;+1/p-1. The van der Waals surface area contributed by atoms with E-state index in [2.05, 4.69) is 0 Å². The van der Waals surface area contributed by atoms with E-state index in [1.807, 2.05) is 0 Å². The Bertz CT molecular complexity index is 749. The molecule has 3 rings (SSSR count). The average molecular weight is 274 g/mol. The second kappa shape index (κ2) is 5.32. The van der Waals surface area contributed by atoms with Crippen LogP contribution in [-0.4, -0.2) is 17.5 Å². The Morgan fingerprint density at radius 1 is 0.800 bits per heavy atom. The monoisotopic (exact) mass is 274 g/mol. The first-order chi connectivity index (χ1) is 9.09. The van der Waals surface area contributed by atoms with Gasteiger partial charge in [-0.2, -0.15) is 0 Å². The smallest absolute Gasteiger partial charge is 0.545 e. The minimum absolute atomic E-state index is 0. The van der Waals surface area contributed by atoms with E-state index < -0.39 is 5.97 Å². The van der Waals surface area contributed by atoms with Crippen LogP contribution in [0.25, 0.3) is 0 Å². The van der Waals surface area contributed by atoms with Crippen molar-refractivity contribution in [3.05, 3.63) is 70.3 Å². The van der Waals surface area contributed by atoms with E-state index in [1.54, 1.807) is 24.3 Å². The molecule has 0 atom stereocenters. The van der Waals surface area contributed by atoms with Crippen LogP contribution in [0, 0.1) is 0 Å². The summed E-state index contributed by atoms with van der Waals surface area (Å²) >= 11 is 0. The summed E-state index contributed by atoms with van der Waals surface area (Å²) < 4.78 is 0. The fourth-order valence-corrected chi connectivity index (χ4v) is 2.23. The first-order valence-corrected chi connectivity index (χ1v) is 5.63. The molecule has 0 fully saturated rings. The van der Waals surface area contributed by atoms with Crippen LogP contribution in [0.3, 0.4) is 0 Å². The molecule has 4 nitrogen and oxygen atoms in total. The fourth-order valence-electron chi connectivity index (χ4n) is 2.23.